The van der Waals surface area contributed by atoms with Gasteiger partial charge in [-0.15, -0.1) is 11.3 Å². The van der Waals surface area contributed by atoms with Crippen molar-refractivity contribution in [2.75, 3.05) is 0 Å². The lowest BCUT2D eigenvalue weighted by atomic mass is 10.1. The lowest BCUT2D eigenvalue weighted by Crippen LogP contribution is -2.26. The first-order chi connectivity index (χ1) is 13.8. The predicted molar refractivity (Wildman–Crippen MR) is 140 cm³/mol. The van der Waals surface area contributed by atoms with Crippen LogP contribution in [-0.4, -0.2) is 37.3 Å². The molecule has 0 unspecified atom stereocenters. The Balaban J connectivity index is 0.00000124. The van der Waals surface area contributed by atoms with Crippen LogP contribution in [0.4, 0.5) is 4.79 Å². The molecule has 4 N–H and O–H groups in total. The number of hydrogen-bond donors (Lipinski definition) is 2. The molecule has 0 saturated carbocycles. The van der Waals surface area contributed by atoms with Crippen LogP contribution in [0.15, 0.2) is 35.8 Å². The molecule has 0 atom stereocenters. The third-order valence-electron chi connectivity index (χ3n) is 3.50. The Bertz CT molecular complexity index is 1040. The van der Waals surface area contributed by atoms with E-state index in [4.69, 9.17) is 10.5 Å². The standard InChI is InChI=1S/C18H19N3O3S.C4H10S.H2O.H2S/c1-18(2,3)24-17(23)21-9-13(12-6-4-5-7-14(12)21)15(22)16-20-11(8-19)10-25-16;1-4(2,3)5;;/h4-7,9-10H,8,19H2,1-3H3;5H,1-3H3;2*1H2. The molecular formula is C22H33N3O4S3. The molecule has 32 heavy (non-hydrogen) atoms. The van der Waals surface area contributed by atoms with Gasteiger partial charge in [0.15, 0.2) is 5.01 Å². The van der Waals surface area contributed by atoms with Crippen molar-refractivity contribution in [1.29, 1.82) is 0 Å². The van der Waals surface area contributed by atoms with Gasteiger partial charge in [-0.2, -0.15) is 26.1 Å². The van der Waals surface area contributed by atoms with Crippen LogP contribution in [0.2, 0.25) is 0 Å². The highest BCUT2D eigenvalue weighted by molar-refractivity contribution is 7.81. The molecule has 2 heterocycles. The van der Waals surface area contributed by atoms with Crippen LogP contribution >= 0.6 is 37.5 Å². The monoisotopic (exact) mass is 499 g/mol. The van der Waals surface area contributed by atoms with Crippen LogP contribution in [0, 0.1) is 0 Å². The Morgan fingerprint density at radius 3 is 2.22 bits per heavy atom. The number of para-hydroxylation sites is 1. The summed E-state index contributed by atoms with van der Waals surface area (Å²) in [5.41, 5.74) is 6.64. The smallest absolute Gasteiger partial charge is 0.419 e. The predicted octanol–water partition coefficient (Wildman–Crippen LogP) is 4.57. The highest BCUT2D eigenvalue weighted by Gasteiger charge is 2.24. The molecule has 3 rings (SSSR count). The zero-order chi connectivity index (χ0) is 22.7. The number of ether oxygens (including phenoxy) is 1. The molecule has 0 fully saturated rings. The molecule has 0 radical (unpaired) electrons. The Kier molecular flexibility index (Phi) is 11.2. The molecule has 7 nitrogen and oxygen atoms in total. The number of carbonyl (C=O) groups excluding carboxylic acids is 2. The van der Waals surface area contributed by atoms with Crippen molar-refractivity contribution in [3.8, 4) is 0 Å². The number of hydrogen-bond acceptors (Lipinski definition) is 7. The van der Waals surface area contributed by atoms with E-state index in [1.807, 2.05) is 12.1 Å². The average molecular weight is 500 g/mol. The molecule has 0 aliphatic heterocycles. The van der Waals surface area contributed by atoms with Crippen molar-refractivity contribution >= 4 is 60.2 Å². The summed E-state index contributed by atoms with van der Waals surface area (Å²) in [6.45, 7) is 11.8. The Hall–Kier alpha value is -1.85. The summed E-state index contributed by atoms with van der Waals surface area (Å²) in [4.78, 5) is 29.6. The Morgan fingerprint density at radius 2 is 1.72 bits per heavy atom. The van der Waals surface area contributed by atoms with Gasteiger partial charge in [0.05, 0.1) is 16.8 Å². The van der Waals surface area contributed by atoms with Crippen molar-refractivity contribution in [3.63, 3.8) is 0 Å². The van der Waals surface area contributed by atoms with Crippen LogP contribution in [0.3, 0.4) is 0 Å². The fourth-order valence-corrected chi connectivity index (χ4v) is 3.23. The first-order valence-corrected chi connectivity index (χ1v) is 10.9. The van der Waals surface area contributed by atoms with E-state index in [0.29, 0.717) is 27.2 Å². The second-order valence-electron chi connectivity index (χ2n) is 8.76. The largest absolute Gasteiger partial charge is 0.443 e. The number of carbonyl (C=O) groups is 2. The summed E-state index contributed by atoms with van der Waals surface area (Å²) in [6, 6.07) is 7.23. The number of aromatic nitrogens is 2. The Morgan fingerprint density at radius 1 is 1.16 bits per heavy atom. The molecule has 10 heteroatoms. The van der Waals surface area contributed by atoms with E-state index in [1.165, 1.54) is 22.1 Å². The minimum absolute atomic E-state index is 0. The number of nitrogens with zero attached hydrogens (tertiary/aromatic N) is 2. The van der Waals surface area contributed by atoms with E-state index in [2.05, 4.69) is 38.4 Å². The van der Waals surface area contributed by atoms with Crippen molar-refractivity contribution in [2.45, 2.75) is 58.4 Å². The normalized spacial score (nSPS) is 11.0. The van der Waals surface area contributed by atoms with E-state index in [9.17, 15) is 9.59 Å². The van der Waals surface area contributed by atoms with Gasteiger partial charge in [0.1, 0.15) is 5.60 Å². The van der Waals surface area contributed by atoms with E-state index in [0.717, 1.165) is 0 Å². The fourth-order valence-electron chi connectivity index (χ4n) is 2.44. The van der Waals surface area contributed by atoms with Crippen molar-refractivity contribution in [1.82, 2.24) is 9.55 Å². The SMILES string of the molecule is CC(C)(C)OC(=O)n1cc(C(=O)c2nc(CN)cs2)c2ccccc21.CC(C)(C)S.O.S. The summed E-state index contributed by atoms with van der Waals surface area (Å²) in [5.74, 6) is -0.233. The highest BCUT2D eigenvalue weighted by Crippen LogP contribution is 2.26. The molecule has 3 aromatic rings. The molecule has 0 aliphatic rings. The van der Waals surface area contributed by atoms with E-state index in [-0.39, 0.29) is 36.0 Å². The molecule has 1 aromatic carbocycles. The van der Waals surface area contributed by atoms with Crippen LogP contribution in [-0.2, 0) is 11.3 Å². The van der Waals surface area contributed by atoms with Crippen molar-refractivity contribution < 1.29 is 19.8 Å². The zero-order valence-corrected chi connectivity index (χ0v) is 21.9. The van der Waals surface area contributed by atoms with Crippen LogP contribution in [0.5, 0.6) is 0 Å². The fraction of sp³-hybridized carbons (Fsp3) is 0.409. The lowest BCUT2D eigenvalue weighted by molar-refractivity contribution is 0.0544. The molecule has 2 aromatic heterocycles. The Labute approximate surface area is 205 Å². The molecule has 0 bridgehead atoms. The van der Waals surface area contributed by atoms with Gasteiger partial charge in [-0.1, -0.05) is 39.0 Å². The van der Waals surface area contributed by atoms with E-state index < -0.39 is 11.7 Å². The second-order valence-corrected chi connectivity index (χ2v) is 11.0. The second kappa shape index (κ2) is 11.9. The maximum absolute atomic E-state index is 12.9. The van der Waals surface area contributed by atoms with Crippen LogP contribution in [0.1, 0.15) is 62.6 Å². The van der Waals surface area contributed by atoms with Crippen molar-refractivity contribution in [2.24, 2.45) is 5.73 Å². The maximum atomic E-state index is 12.9. The number of ketones is 1. The highest BCUT2D eigenvalue weighted by atomic mass is 32.1. The summed E-state index contributed by atoms with van der Waals surface area (Å²) in [7, 11) is 0. The number of rotatable bonds is 3. The molecule has 0 amide bonds. The first kappa shape index (κ1) is 30.1. The minimum Gasteiger partial charge on any atom is -0.443 e. The molecule has 178 valence electrons. The number of thiol groups is 1. The zero-order valence-electron chi connectivity index (χ0n) is 19.2. The molecule has 0 aliphatic carbocycles. The minimum atomic E-state index is -0.627. The summed E-state index contributed by atoms with van der Waals surface area (Å²) in [5, 5.41) is 2.80. The maximum Gasteiger partial charge on any atom is 0.419 e. The van der Waals surface area contributed by atoms with E-state index in [1.54, 1.807) is 38.3 Å². The van der Waals surface area contributed by atoms with Gasteiger partial charge in [0.2, 0.25) is 5.78 Å². The van der Waals surface area contributed by atoms with Gasteiger partial charge in [0, 0.05) is 28.3 Å². The number of fused-ring (bicyclic) bond motifs is 1. The average Bonchev–Trinajstić information content (AvgIpc) is 3.23. The van der Waals surface area contributed by atoms with Gasteiger partial charge in [-0.05, 0) is 26.8 Å². The lowest BCUT2D eigenvalue weighted by Gasteiger charge is -2.19. The summed E-state index contributed by atoms with van der Waals surface area (Å²) >= 11 is 5.37. The third-order valence-corrected chi connectivity index (χ3v) is 4.39. The molecule has 0 spiro atoms. The van der Waals surface area contributed by atoms with Gasteiger partial charge < -0.3 is 15.9 Å². The van der Waals surface area contributed by atoms with Gasteiger partial charge >= 0.3 is 6.09 Å². The number of thiazole rings is 1. The molecular weight excluding hydrogens is 466 g/mol. The van der Waals surface area contributed by atoms with Gasteiger partial charge in [-0.25, -0.2) is 9.78 Å². The summed E-state index contributed by atoms with van der Waals surface area (Å²) < 4.78 is 7.00. The number of benzene rings is 1. The first-order valence-electron chi connectivity index (χ1n) is 9.55. The molecule has 0 saturated heterocycles. The third kappa shape index (κ3) is 8.59. The quantitative estimate of drug-likeness (QED) is 0.404. The van der Waals surface area contributed by atoms with E-state index >= 15 is 0 Å². The topological polar surface area (TPSA) is 119 Å². The van der Waals surface area contributed by atoms with Crippen LogP contribution in [0.25, 0.3) is 10.9 Å². The van der Waals surface area contributed by atoms with Gasteiger partial charge in [0.25, 0.3) is 0 Å². The number of nitrogens with two attached hydrogens (primary N) is 1. The van der Waals surface area contributed by atoms with Crippen LogP contribution < -0.4 is 5.73 Å². The van der Waals surface area contributed by atoms with Gasteiger partial charge in [-0.3, -0.25) is 9.36 Å². The van der Waals surface area contributed by atoms with Crippen molar-refractivity contribution in [3.05, 3.63) is 52.1 Å². The summed E-state index contributed by atoms with van der Waals surface area (Å²) in [6.07, 6.45) is 0.995.